The Labute approximate surface area is 160 Å². The second-order valence-electron chi connectivity index (χ2n) is 5.97. The summed E-state index contributed by atoms with van der Waals surface area (Å²) in [5.74, 6) is 1.76. The van der Waals surface area contributed by atoms with Crippen LogP contribution in [-0.2, 0) is 5.88 Å². The topological polar surface area (TPSA) is 17.1 Å². The van der Waals surface area contributed by atoms with Crippen LogP contribution in [0.3, 0.4) is 0 Å². The van der Waals surface area contributed by atoms with Gasteiger partial charge in [-0.1, -0.05) is 97.5 Å². The quantitative estimate of drug-likeness (QED) is 0.400. The fourth-order valence-corrected chi connectivity index (χ4v) is 2.13. The van der Waals surface area contributed by atoms with Gasteiger partial charge in [-0.15, -0.1) is 11.6 Å². The molecule has 2 heteroatoms. The van der Waals surface area contributed by atoms with E-state index in [0.717, 1.165) is 11.8 Å². The number of rotatable bonds is 4. The molecule has 2 aromatic carbocycles. The average Bonchev–Trinajstić information content (AvgIpc) is 2.64. The number of carbonyl (C=O) groups is 1. The van der Waals surface area contributed by atoms with E-state index in [9.17, 15) is 4.79 Å². The highest BCUT2D eigenvalue weighted by molar-refractivity contribution is 6.17. The first-order chi connectivity index (χ1) is 11.5. The molecule has 0 radical (unpaired) electrons. The molecule has 0 saturated carbocycles. The van der Waals surface area contributed by atoms with Crippen LogP contribution in [-0.4, -0.2) is 6.29 Å². The van der Waals surface area contributed by atoms with Crippen LogP contribution in [0.25, 0.3) is 0 Å². The van der Waals surface area contributed by atoms with Crippen LogP contribution in [0.5, 0.6) is 0 Å². The highest BCUT2D eigenvalue weighted by atomic mass is 35.5. The van der Waals surface area contributed by atoms with E-state index in [1.54, 1.807) is 0 Å². The van der Waals surface area contributed by atoms with Crippen LogP contribution in [0.4, 0.5) is 0 Å². The predicted octanol–water partition coefficient (Wildman–Crippen LogP) is 7.83. The molecule has 0 aliphatic rings. The number of carbonyl (C=O) groups excluding carboxylic acids is 1. The SMILES string of the molecule is C.CC.CC(C)c1ccc(C=O)cc1.CC(C)c1ccc(CCl)cc1. The average molecular weight is 363 g/mol. The normalized spacial score (nSPS) is 9.32. The number of hydrogen-bond donors (Lipinski definition) is 0. The summed E-state index contributed by atoms with van der Waals surface area (Å²) in [5.41, 5.74) is 4.58. The third-order valence-electron chi connectivity index (χ3n) is 3.54. The maximum Gasteiger partial charge on any atom is 0.150 e. The molecule has 0 fully saturated rings. The summed E-state index contributed by atoms with van der Waals surface area (Å²) in [5, 5.41) is 0. The van der Waals surface area contributed by atoms with Crippen molar-refractivity contribution < 1.29 is 4.79 Å². The first-order valence-corrected chi connectivity index (χ1v) is 9.21. The van der Waals surface area contributed by atoms with Gasteiger partial charge in [-0.2, -0.15) is 0 Å². The summed E-state index contributed by atoms with van der Waals surface area (Å²) >= 11 is 5.66. The van der Waals surface area contributed by atoms with E-state index >= 15 is 0 Å². The Kier molecular flexibility index (Phi) is 15.1. The van der Waals surface area contributed by atoms with Gasteiger partial charge >= 0.3 is 0 Å². The van der Waals surface area contributed by atoms with Gasteiger partial charge in [-0.3, -0.25) is 4.79 Å². The van der Waals surface area contributed by atoms with Gasteiger partial charge in [0.1, 0.15) is 6.29 Å². The number of aldehydes is 1. The Bertz CT molecular complexity index is 554. The molecular weight excluding hydrogens is 328 g/mol. The van der Waals surface area contributed by atoms with Gasteiger partial charge in [-0.25, -0.2) is 0 Å². The first kappa shape index (κ1) is 25.6. The third kappa shape index (κ3) is 10.1. The second-order valence-corrected chi connectivity index (χ2v) is 6.24. The minimum atomic E-state index is 0. The van der Waals surface area contributed by atoms with Crippen molar-refractivity contribution in [1.82, 2.24) is 0 Å². The van der Waals surface area contributed by atoms with Crippen LogP contribution in [0, 0.1) is 0 Å². The zero-order chi connectivity index (χ0) is 18.5. The lowest BCUT2D eigenvalue weighted by Gasteiger charge is -2.04. The number of hydrogen-bond acceptors (Lipinski definition) is 1. The van der Waals surface area contributed by atoms with E-state index in [4.69, 9.17) is 11.6 Å². The molecule has 0 unspecified atom stereocenters. The van der Waals surface area contributed by atoms with Crippen molar-refractivity contribution >= 4 is 17.9 Å². The van der Waals surface area contributed by atoms with E-state index in [1.807, 2.05) is 38.1 Å². The van der Waals surface area contributed by atoms with E-state index in [1.165, 1.54) is 16.7 Å². The summed E-state index contributed by atoms with van der Waals surface area (Å²) in [6.45, 7) is 12.7. The summed E-state index contributed by atoms with van der Waals surface area (Å²) in [4.78, 5) is 10.3. The second kappa shape index (κ2) is 14.7. The highest BCUT2D eigenvalue weighted by Crippen LogP contribution is 2.15. The molecule has 2 rings (SSSR count). The molecule has 0 aliphatic carbocycles. The van der Waals surface area contributed by atoms with Crippen molar-refractivity contribution in [2.45, 2.75) is 66.7 Å². The zero-order valence-electron chi connectivity index (χ0n) is 15.8. The molecule has 0 bridgehead atoms. The molecule has 0 aliphatic heterocycles. The molecule has 0 heterocycles. The Morgan fingerprint density at radius 1 is 0.800 bits per heavy atom. The lowest BCUT2D eigenvalue weighted by atomic mass is 10.0. The van der Waals surface area contributed by atoms with Gasteiger partial charge in [0.15, 0.2) is 0 Å². The molecule has 140 valence electrons. The number of benzene rings is 2. The summed E-state index contributed by atoms with van der Waals surface area (Å²) in [7, 11) is 0. The van der Waals surface area contributed by atoms with Gasteiger partial charge < -0.3 is 0 Å². The van der Waals surface area contributed by atoms with Gasteiger partial charge in [0.25, 0.3) is 0 Å². The largest absolute Gasteiger partial charge is 0.298 e. The van der Waals surface area contributed by atoms with Crippen molar-refractivity contribution in [3.63, 3.8) is 0 Å². The van der Waals surface area contributed by atoms with Gasteiger partial charge in [0.2, 0.25) is 0 Å². The Balaban J connectivity index is 0. The summed E-state index contributed by atoms with van der Waals surface area (Å²) in [6.07, 6.45) is 0.865. The molecule has 0 spiro atoms. The smallest absolute Gasteiger partial charge is 0.150 e. The van der Waals surface area contributed by atoms with Crippen LogP contribution >= 0.6 is 11.6 Å². The highest BCUT2D eigenvalue weighted by Gasteiger charge is 1.97. The van der Waals surface area contributed by atoms with Gasteiger partial charge in [0, 0.05) is 11.4 Å². The van der Waals surface area contributed by atoms with E-state index in [-0.39, 0.29) is 7.43 Å². The Hall–Kier alpha value is -1.60. The summed E-state index contributed by atoms with van der Waals surface area (Å²) in [6, 6.07) is 16.1. The maximum atomic E-state index is 10.3. The summed E-state index contributed by atoms with van der Waals surface area (Å²) < 4.78 is 0. The fourth-order valence-electron chi connectivity index (χ4n) is 1.95. The molecular formula is C23H35ClO. The monoisotopic (exact) mass is 362 g/mol. The third-order valence-corrected chi connectivity index (χ3v) is 3.85. The van der Waals surface area contributed by atoms with Crippen LogP contribution in [0.2, 0.25) is 0 Å². The Morgan fingerprint density at radius 3 is 1.44 bits per heavy atom. The lowest BCUT2D eigenvalue weighted by Crippen LogP contribution is -1.87. The Morgan fingerprint density at radius 2 is 1.16 bits per heavy atom. The van der Waals surface area contributed by atoms with Crippen molar-refractivity contribution in [1.29, 1.82) is 0 Å². The maximum absolute atomic E-state index is 10.3. The lowest BCUT2D eigenvalue weighted by molar-refractivity contribution is 0.112. The number of halogens is 1. The number of alkyl halides is 1. The van der Waals surface area contributed by atoms with Crippen LogP contribution in [0.15, 0.2) is 48.5 Å². The van der Waals surface area contributed by atoms with E-state index < -0.39 is 0 Å². The zero-order valence-corrected chi connectivity index (χ0v) is 16.6. The molecule has 0 amide bonds. The van der Waals surface area contributed by atoms with E-state index in [0.29, 0.717) is 17.7 Å². The molecule has 0 saturated heterocycles. The van der Waals surface area contributed by atoms with Crippen molar-refractivity contribution in [3.05, 3.63) is 70.8 Å². The molecule has 0 atom stereocenters. The van der Waals surface area contributed by atoms with Crippen LogP contribution < -0.4 is 0 Å². The van der Waals surface area contributed by atoms with Crippen molar-refractivity contribution in [3.8, 4) is 0 Å². The fraction of sp³-hybridized carbons (Fsp3) is 0.435. The van der Waals surface area contributed by atoms with Crippen LogP contribution in [0.1, 0.15) is 87.9 Å². The molecule has 0 N–H and O–H groups in total. The minimum Gasteiger partial charge on any atom is -0.298 e. The predicted molar refractivity (Wildman–Crippen MR) is 114 cm³/mol. The molecule has 2 aromatic rings. The van der Waals surface area contributed by atoms with Crippen molar-refractivity contribution in [2.75, 3.05) is 0 Å². The first-order valence-electron chi connectivity index (χ1n) is 8.67. The van der Waals surface area contributed by atoms with Gasteiger partial charge in [-0.05, 0) is 28.5 Å². The molecule has 0 aromatic heterocycles. The minimum absolute atomic E-state index is 0. The van der Waals surface area contributed by atoms with E-state index in [2.05, 4.69) is 52.0 Å². The standard InChI is InChI=1S/C10H13Cl.C10H12O.C2H6.CH4/c2*1-8(2)10-5-3-9(7-11)4-6-10;1-2;/h3-6,8H,7H2,1-2H3;3-8H,1-2H3;1-2H3;1H4. The van der Waals surface area contributed by atoms with Crippen molar-refractivity contribution in [2.24, 2.45) is 0 Å². The molecule has 1 nitrogen and oxygen atoms in total. The van der Waals surface area contributed by atoms with Gasteiger partial charge in [0.05, 0.1) is 0 Å². The molecule has 25 heavy (non-hydrogen) atoms.